The molecule has 2 aromatic rings. The Morgan fingerprint density at radius 1 is 1.42 bits per heavy atom. The number of hydrogen-bond donors (Lipinski definition) is 2. The molecule has 0 aliphatic rings. The molecule has 2 rings (SSSR count). The Balaban J connectivity index is 2.14. The van der Waals surface area contributed by atoms with Crippen LogP contribution < -0.4 is 16.0 Å². The van der Waals surface area contributed by atoms with Crippen molar-refractivity contribution >= 4 is 17.3 Å². The largest absolute Gasteiger partial charge is 0.368 e. The average Bonchev–Trinajstić information content (AvgIpc) is 2.45. The van der Waals surface area contributed by atoms with Crippen LogP contribution in [-0.2, 0) is 0 Å². The average molecular weight is 258 g/mol. The molecule has 0 aliphatic carbocycles. The molecule has 6 nitrogen and oxygen atoms in total. The van der Waals surface area contributed by atoms with Gasteiger partial charge in [-0.25, -0.2) is 9.97 Å². The van der Waals surface area contributed by atoms with Gasteiger partial charge in [-0.05, 0) is 19.1 Å². The molecule has 0 aliphatic heterocycles. The van der Waals surface area contributed by atoms with E-state index in [2.05, 4.69) is 20.3 Å². The summed E-state index contributed by atoms with van der Waals surface area (Å²) in [5.74, 6) is 1.56. The molecule has 19 heavy (non-hydrogen) atoms. The molecule has 0 bridgehead atoms. The lowest BCUT2D eigenvalue weighted by molar-refractivity contribution is 0.777. The molecule has 0 amide bonds. The summed E-state index contributed by atoms with van der Waals surface area (Å²) in [7, 11) is 1.94. The van der Waals surface area contributed by atoms with Gasteiger partial charge in [-0.3, -0.25) is 4.98 Å². The van der Waals surface area contributed by atoms with Crippen LogP contribution in [0, 0.1) is 0 Å². The zero-order valence-electron chi connectivity index (χ0n) is 11.1. The number of anilines is 3. The van der Waals surface area contributed by atoms with E-state index in [1.807, 2.05) is 37.1 Å². The summed E-state index contributed by atoms with van der Waals surface area (Å²) in [6.45, 7) is 2.62. The highest BCUT2D eigenvalue weighted by atomic mass is 15.2. The highest BCUT2D eigenvalue weighted by molar-refractivity contribution is 5.60. The van der Waals surface area contributed by atoms with Crippen LogP contribution in [0.3, 0.4) is 0 Å². The fourth-order valence-electron chi connectivity index (χ4n) is 1.58. The third kappa shape index (κ3) is 3.62. The van der Waals surface area contributed by atoms with E-state index in [0.717, 1.165) is 17.3 Å². The molecule has 100 valence electrons. The van der Waals surface area contributed by atoms with Gasteiger partial charge in [0.1, 0.15) is 18.0 Å². The van der Waals surface area contributed by atoms with E-state index in [1.54, 1.807) is 12.4 Å². The molecular weight excluding hydrogens is 240 g/mol. The molecule has 0 spiro atoms. The maximum absolute atomic E-state index is 5.70. The van der Waals surface area contributed by atoms with Crippen LogP contribution in [-0.4, -0.2) is 34.6 Å². The minimum atomic E-state index is 0.0782. The Morgan fingerprint density at radius 3 is 2.95 bits per heavy atom. The van der Waals surface area contributed by atoms with Crippen molar-refractivity contribution in [2.24, 2.45) is 5.73 Å². The van der Waals surface area contributed by atoms with Crippen molar-refractivity contribution in [2.75, 3.05) is 23.8 Å². The van der Waals surface area contributed by atoms with Crippen LogP contribution in [0.5, 0.6) is 0 Å². The predicted molar refractivity (Wildman–Crippen MR) is 76.5 cm³/mol. The zero-order chi connectivity index (χ0) is 13.7. The minimum Gasteiger partial charge on any atom is -0.368 e. The van der Waals surface area contributed by atoms with Gasteiger partial charge in [-0.1, -0.05) is 0 Å². The summed E-state index contributed by atoms with van der Waals surface area (Å²) < 4.78 is 0. The second-order valence-corrected chi connectivity index (χ2v) is 4.39. The molecule has 0 radical (unpaired) electrons. The fourth-order valence-corrected chi connectivity index (χ4v) is 1.58. The summed E-state index contributed by atoms with van der Waals surface area (Å²) in [6, 6.07) is 5.83. The molecule has 0 saturated carbocycles. The van der Waals surface area contributed by atoms with Gasteiger partial charge in [0.05, 0.1) is 11.9 Å². The maximum atomic E-state index is 5.70. The monoisotopic (exact) mass is 258 g/mol. The minimum absolute atomic E-state index is 0.0782. The van der Waals surface area contributed by atoms with Crippen LogP contribution in [0.15, 0.2) is 36.9 Å². The highest BCUT2D eigenvalue weighted by Crippen LogP contribution is 2.21. The summed E-state index contributed by atoms with van der Waals surface area (Å²) in [4.78, 5) is 14.5. The maximum Gasteiger partial charge on any atom is 0.138 e. The third-order valence-corrected chi connectivity index (χ3v) is 2.63. The van der Waals surface area contributed by atoms with Crippen molar-refractivity contribution < 1.29 is 0 Å². The molecule has 3 N–H and O–H groups in total. The number of pyridine rings is 1. The molecule has 0 aromatic carbocycles. The van der Waals surface area contributed by atoms with Gasteiger partial charge in [0.15, 0.2) is 0 Å². The van der Waals surface area contributed by atoms with Gasteiger partial charge in [0.25, 0.3) is 0 Å². The highest BCUT2D eigenvalue weighted by Gasteiger charge is 2.06. The molecule has 1 unspecified atom stereocenters. The van der Waals surface area contributed by atoms with Gasteiger partial charge < -0.3 is 16.0 Å². The van der Waals surface area contributed by atoms with Crippen LogP contribution in [0.2, 0.25) is 0 Å². The van der Waals surface area contributed by atoms with Crippen molar-refractivity contribution in [3.63, 3.8) is 0 Å². The van der Waals surface area contributed by atoms with Crippen molar-refractivity contribution in [1.29, 1.82) is 0 Å². The van der Waals surface area contributed by atoms with Crippen LogP contribution >= 0.6 is 0 Å². The smallest absolute Gasteiger partial charge is 0.138 e. The van der Waals surface area contributed by atoms with E-state index in [-0.39, 0.29) is 6.04 Å². The first-order valence-electron chi connectivity index (χ1n) is 6.12. The zero-order valence-corrected chi connectivity index (χ0v) is 11.1. The second kappa shape index (κ2) is 6.10. The Bertz CT molecular complexity index is 514. The Morgan fingerprint density at radius 2 is 2.26 bits per heavy atom. The first kappa shape index (κ1) is 13.2. The van der Waals surface area contributed by atoms with E-state index < -0.39 is 0 Å². The molecule has 6 heteroatoms. The quantitative estimate of drug-likeness (QED) is 0.844. The molecule has 2 heterocycles. The van der Waals surface area contributed by atoms with Crippen molar-refractivity contribution in [3.05, 3.63) is 36.9 Å². The first-order chi connectivity index (χ1) is 9.16. The van der Waals surface area contributed by atoms with Gasteiger partial charge in [0, 0.05) is 31.9 Å². The lowest BCUT2D eigenvalue weighted by Crippen LogP contribution is -2.25. The van der Waals surface area contributed by atoms with E-state index >= 15 is 0 Å². The number of rotatable bonds is 5. The topological polar surface area (TPSA) is 80.0 Å². The summed E-state index contributed by atoms with van der Waals surface area (Å²) in [5.41, 5.74) is 6.68. The van der Waals surface area contributed by atoms with Crippen LogP contribution in [0.4, 0.5) is 17.3 Å². The molecule has 0 fully saturated rings. The van der Waals surface area contributed by atoms with Gasteiger partial charge >= 0.3 is 0 Å². The molecule has 1 atom stereocenters. The number of aromatic nitrogens is 3. The van der Waals surface area contributed by atoms with E-state index in [0.29, 0.717) is 6.54 Å². The van der Waals surface area contributed by atoms with E-state index in [1.165, 1.54) is 6.33 Å². The summed E-state index contributed by atoms with van der Waals surface area (Å²) >= 11 is 0. The molecule has 0 saturated heterocycles. The summed E-state index contributed by atoms with van der Waals surface area (Å²) in [6.07, 6.45) is 5.07. The third-order valence-electron chi connectivity index (χ3n) is 2.63. The second-order valence-electron chi connectivity index (χ2n) is 4.39. The lowest BCUT2D eigenvalue weighted by Gasteiger charge is -2.18. The molecule has 2 aromatic heterocycles. The van der Waals surface area contributed by atoms with Crippen LogP contribution in [0.25, 0.3) is 0 Å². The Labute approximate surface area is 112 Å². The molecular formula is C13H18N6. The predicted octanol–water partition coefficient (Wildman–Crippen LogP) is 1.40. The van der Waals surface area contributed by atoms with Crippen molar-refractivity contribution in [1.82, 2.24) is 15.0 Å². The lowest BCUT2D eigenvalue weighted by atomic mass is 10.3. The Kier molecular flexibility index (Phi) is 4.25. The SMILES string of the molecule is CC(N)CNc1cc(N(C)c2cccnc2)ncn1. The first-order valence-corrected chi connectivity index (χ1v) is 6.12. The number of nitrogens with two attached hydrogens (primary N) is 1. The van der Waals surface area contributed by atoms with Gasteiger partial charge in [0.2, 0.25) is 0 Å². The number of hydrogen-bond acceptors (Lipinski definition) is 6. The normalized spacial score (nSPS) is 11.9. The van der Waals surface area contributed by atoms with Gasteiger partial charge in [-0.2, -0.15) is 0 Å². The van der Waals surface area contributed by atoms with E-state index in [9.17, 15) is 0 Å². The standard InChI is InChI=1S/C13H18N6/c1-10(14)7-16-12-6-13(18-9-17-12)19(2)11-4-3-5-15-8-11/h3-6,8-10H,7,14H2,1-2H3,(H,16,17,18). The van der Waals surface area contributed by atoms with Crippen LogP contribution in [0.1, 0.15) is 6.92 Å². The van der Waals surface area contributed by atoms with Crippen molar-refractivity contribution in [3.8, 4) is 0 Å². The van der Waals surface area contributed by atoms with E-state index in [4.69, 9.17) is 5.73 Å². The summed E-state index contributed by atoms with van der Waals surface area (Å²) in [5, 5.41) is 3.17. The number of nitrogens with one attached hydrogen (secondary N) is 1. The number of nitrogens with zero attached hydrogens (tertiary/aromatic N) is 4. The fraction of sp³-hybridized carbons (Fsp3) is 0.308. The Hall–Kier alpha value is -2.21. The van der Waals surface area contributed by atoms with Gasteiger partial charge in [-0.15, -0.1) is 0 Å². The van der Waals surface area contributed by atoms with Crippen molar-refractivity contribution in [2.45, 2.75) is 13.0 Å².